The lowest BCUT2D eigenvalue weighted by molar-refractivity contribution is -0.151. The number of nitrogens with one attached hydrogen (secondary N) is 1. The van der Waals surface area contributed by atoms with Gasteiger partial charge in [0.15, 0.2) is 0 Å². The molecule has 1 aliphatic heterocycles. The molecule has 0 radical (unpaired) electrons. The Balaban J connectivity index is 2.06. The Hall–Kier alpha value is -0.650. The molecule has 5 nitrogen and oxygen atoms in total. The minimum atomic E-state index is -0.485. The van der Waals surface area contributed by atoms with Crippen LogP contribution >= 0.6 is 0 Å². The fourth-order valence-electron chi connectivity index (χ4n) is 3.10. The second-order valence-corrected chi connectivity index (χ2v) is 6.24. The molecular weight excluding hydrogens is 254 g/mol. The SMILES string of the molecule is CCCNC(CN1CCN(C)CC1)(C(=O)OC)C1CC1. The highest BCUT2D eigenvalue weighted by atomic mass is 16.5. The van der Waals surface area contributed by atoms with E-state index in [9.17, 15) is 4.79 Å². The monoisotopic (exact) mass is 283 g/mol. The molecule has 1 atom stereocenters. The van der Waals surface area contributed by atoms with Crippen molar-refractivity contribution in [2.75, 3.05) is 53.4 Å². The molecule has 0 aromatic heterocycles. The molecule has 0 amide bonds. The molecule has 1 unspecified atom stereocenters. The van der Waals surface area contributed by atoms with E-state index in [1.54, 1.807) is 0 Å². The minimum Gasteiger partial charge on any atom is -0.468 e. The largest absolute Gasteiger partial charge is 0.468 e. The normalized spacial score (nSPS) is 24.4. The fraction of sp³-hybridized carbons (Fsp3) is 0.933. The summed E-state index contributed by atoms with van der Waals surface area (Å²) in [5.41, 5.74) is -0.485. The lowest BCUT2D eigenvalue weighted by Crippen LogP contribution is -2.63. The number of piperazine rings is 1. The fourth-order valence-corrected chi connectivity index (χ4v) is 3.10. The lowest BCUT2D eigenvalue weighted by atomic mass is 9.91. The van der Waals surface area contributed by atoms with E-state index in [-0.39, 0.29) is 5.97 Å². The summed E-state index contributed by atoms with van der Waals surface area (Å²) >= 11 is 0. The summed E-state index contributed by atoms with van der Waals surface area (Å²) in [5, 5.41) is 3.52. The molecule has 0 aromatic rings. The number of likely N-dealkylation sites (N-methyl/N-ethyl adjacent to an activating group) is 1. The summed E-state index contributed by atoms with van der Waals surface area (Å²) < 4.78 is 5.14. The standard InChI is InChI=1S/C15H29N3O2/c1-4-7-16-15(13-5-6-13,14(19)20-3)12-18-10-8-17(2)9-11-18/h13,16H,4-12H2,1-3H3. The first-order valence-corrected chi connectivity index (χ1v) is 7.86. The first kappa shape index (κ1) is 15.7. The summed E-state index contributed by atoms with van der Waals surface area (Å²) in [7, 11) is 3.66. The van der Waals surface area contributed by atoms with Crippen LogP contribution in [0.25, 0.3) is 0 Å². The van der Waals surface area contributed by atoms with Crippen molar-refractivity contribution in [3.63, 3.8) is 0 Å². The molecule has 1 aliphatic carbocycles. The van der Waals surface area contributed by atoms with E-state index in [4.69, 9.17) is 4.74 Å². The van der Waals surface area contributed by atoms with Crippen LogP contribution in [0.15, 0.2) is 0 Å². The van der Waals surface area contributed by atoms with Crippen LogP contribution in [0.3, 0.4) is 0 Å². The number of hydrogen-bond acceptors (Lipinski definition) is 5. The summed E-state index contributed by atoms with van der Waals surface area (Å²) in [5.74, 6) is 0.369. The number of nitrogens with zero attached hydrogens (tertiary/aromatic N) is 2. The van der Waals surface area contributed by atoms with Gasteiger partial charge in [-0.2, -0.15) is 0 Å². The van der Waals surface area contributed by atoms with Gasteiger partial charge < -0.3 is 15.0 Å². The minimum absolute atomic E-state index is 0.0765. The summed E-state index contributed by atoms with van der Waals surface area (Å²) in [4.78, 5) is 17.2. The Morgan fingerprint density at radius 1 is 1.30 bits per heavy atom. The quantitative estimate of drug-likeness (QED) is 0.692. The zero-order valence-corrected chi connectivity index (χ0v) is 13.2. The van der Waals surface area contributed by atoms with E-state index in [2.05, 4.69) is 29.1 Å². The van der Waals surface area contributed by atoms with E-state index in [1.165, 1.54) is 7.11 Å². The number of hydrogen-bond donors (Lipinski definition) is 1. The van der Waals surface area contributed by atoms with Crippen molar-refractivity contribution in [2.45, 2.75) is 31.7 Å². The predicted octanol–water partition coefficient (Wildman–Crippen LogP) is 0.555. The maximum Gasteiger partial charge on any atom is 0.327 e. The van der Waals surface area contributed by atoms with Crippen LogP contribution in [0.1, 0.15) is 26.2 Å². The van der Waals surface area contributed by atoms with Crippen LogP contribution in [0.5, 0.6) is 0 Å². The van der Waals surface area contributed by atoms with Gasteiger partial charge >= 0.3 is 5.97 Å². The molecule has 0 spiro atoms. The molecule has 1 heterocycles. The number of methoxy groups -OCH3 is 1. The van der Waals surface area contributed by atoms with Gasteiger partial charge in [0, 0.05) is 32.7 Å². The third-order valence-corrected chi connectivity index (χ3v) is 4.58. The van der Waals surface area contributed by atoms with E-state index < -0.39 is 5.54 Å². The van der Waals surface area contributed by atoms with Crippen molar-refractivity contribution >= 4 is 5.97 Å². The average molecular weight is 283 g/mol. The third kappa shape index (κ3) is 3.51. The van der Waals surface area contributed by atoms with Crippen LogP contribution in [0.4, 0.5) is 0 Å². The topological polar surface area (TPSA) is 44.8 Å². The molecule has 116 valence electrons. The van der Waals surface area contributed by atoms with Gasteiger partial charge in [0.05, 0.1) is 7.11 Å². The first-order chi connectivity index (χ1) is 9.62. The molecule has 2 aliphatic rings. The van der Waals surface area contributed by atoms with Gasteiger partial charge in [-0.1, -0.05) is 6.92 Å². The van der Waals surface area contributed by atoms with Crippen molar-refractivity contribution in [3.05, 3.63) is 0 Å². The van der Waals surface area contributed by atoms with Crippen molar-refractivity contribution in [1.82, 2.24) is 15.1 Å². The van der Waals surface area contributed by atoms with Crippen molar-refractivity contribution in [1.29, 1.82) is 0 Å². The van der Waals surface area contributed by atoms with Gasteiger partial charge in [-0.15, -0.1) is 0 Å². The Bertz CT molecular complexity index is 325. The molecular formula is C15H29N3O2. The summed E-state index contributed by atoms with van der Waals surface area (Å²) in [6.07, 6.45) is 3.31. The molecule has 1 saturated heterocycles. The van der Waals surface area contributed by atoms with Crippen molar-refractivity contribution in [2.24, 2.45) is 5.92 Å². The Morgan fingerprint density at radius 3 is 2.45 bits per heavy atom. The molecule has 1 N–H and O–H groups in total. The first-order valence-electron chi connectivity index (χ1n) is 7.86. The second kappa shape index (κ2) is 6.87. The van der Waals surface area contributed by atoms with Gasteiger partial charge in [0.25, 0.3) is 0 Å². The highest BCUT2D eigenvalue weighted by Gasteiger charge is 2.52. The highest BCUT2D eigenvalue weighted by Crippen LogP contribution is 2.41. The Labute approximate surface area is 122 Å². The number of carbonyl (C=O) groups is 1. The van der Waals surface area contributed by atoms with Crippen molar-refractivity contribution in [3.8, 4) is 0 Å². The highest BCUT2D eigenvalue weighted by molar-refractivity contribution is 5.82. The van der Waals surface area contributed by atoms with Gasteiger partial charge in [0.2, 0.25) is 0 Å². The van der Waals surface area contributed by atoms with Gasteiger partial charge in [-0.25, -0.2) is 4.79 Å². The van der Waals surface area contributed by atoms with Crippen LogP contribution in [-0.4, -0.2) is 74.7 Å². The smallest absolute Gasteiger partial charge is 0.327 e. The molecule has 0 bridgehead atoms. The lowest BCUT2D eigenvalue weighted by Gasteiger charge is -2.40. The van der Waals surface area contributed by atoms with Gasteiger partial charge in [-0.05, 0) is 38.8 Å². The molecule has 2 fully saturated rings. The van der Waals surface area contributed by atoms with Crippen LogP contribution < -0.4 is 5.32 Å². The molecule has 2 rings (SSSR count). The zero-order valence-electron chi connectivity index (χ0n) is 13.2. The average Bonchev–Trinajstić information content (AvgIpc) is 3.30. The molecule has 0 aromatic carbocycles. The number of esters is 1. The van der Waals surface area contributed by atoms with Crippen LogP contribution in [0.2, 0.25) is 0 Å². The number of ether oxygens (including phenoxy) is 1. The molecule has 1 saturated carbocycles. The van der Waals surface area contributed by atoms with E-state index >= 15 is 0 Å². The molecule has 20 heavy (non-hydrogen) atoms. The van der Waals surface area contributed by atoms with Gasteiger partial charge in [0.1, 0.15) is 5.54 Å². The maximum absolute atomic E-state index is 12.4. The Morgan fingerprint density at radius 2 is 1.95 bits per heavy atom. The molecule has 5 heteroatoms. The Kier molecular flexibility index (Phi) is 5.41. The second-order valence-electron chi connectivity index (χ2n) is 6.24. The number of carbonyl (C=O) groups excluding carboxylic acids is 1. The van der Waals surface area contributed by atoms with Crippen LogP contribution in [0, 0.1) is 5.92 Å². The van der Waals surface area contributed by atoms with Crippen LogP contribution in [-0.2, 0) is 9.53 Å². The van der Waals surface area contributed by atoms with E-state index in [0.29, 0.717) is 5.92 Å². The van der Waals surface area contributed by atoms with E-state index in [1.807, 2.05) is 0 Å². The maximum atomic E-state index is 12.4. The van der Waals surface area contributed by atoms with Gasteiger partial charge in [-0.3, -0.25) is 4.90 Å². The summed E-state index contributed by atoms with van der Waals surface area (Å²) in [6.45, 7) is 8.03. The van der Waals surface area contributed by atoms with Crippen molar-refractivity contribution < 1.29 is 9.53 Å². The summed E-state index contributed by atoms with van der Waals surface area (Å²) in [6, 6.07) is 0. The van der Waals surface area contributed by atoms with E-state index in [0.717, 1.165) is 58.5 Å². The zero-order chi connectivity index (χ0) is 14.6. The predicted molar refractivity (Wildman–Crippen MR) is 79.7 cm³/mol. The third-order valence-electron chi connectivity index (χ3n) is 4.58. The number of rotatable bonds is 7.